The molecule has 19 heavy (non-hydrogen) atoms. The number of alkyl halides is 2. The molecule has 0 atom stereocenters. The highest BCUT2D eigenvalue weighted by molar-refractivity contribution is 7.89. The average molecular weight is 296 g/mol. The Morgan fingerprint density at radius 3 is 2.32 bits per heavy atom. The summed E-state index contributed by atoms with van der Waals surface area (Å²) < 4.78 is 59.4. The van der Waals surface area contributed by atoms with Crippen molar-refractivity contribution in [2.45, 2.75) is 11.3 Å². The second-order valence-electron chi connectivity index (χ2n) is 3.49. The van der Waals surface area contributed by atoms with E-state index < -0.39 is 23.0 Å². The largest absolute Gasteiger partial charge is 0.495 e. The number of nitrogen functional groups attached to an aromatic ring is 1. The summed E-state index contributed by atoms with van der Waals surface area (Å²) in [5.41, 5.74) is 5.64. The average Bonchev–Trinajstić information content (AvgIpc) is 2.36. The zero-order valence-electron chi connectivity index (χ0n) is 10.3. The lowest BCUT2D eigenvalue weighted by molar-refractivity contribution is 0.153. The van der Waals surface area contributed by atoms with Crippen molar-refractivity contribution in [3.05, 3.63) is 12.1 Å². The Morgan fingerprint density at radius 1 is 1.26 bits per heavy atom. The predicted octanol–water partition coefficient (Wildman–Crippen LogP) is 0.829. The van der Waals surface area contributed by atoms with Crippen molar-refractivity contribution in [1.29, 1.82) is 0 Å². The second-order valence-corrected chi connectivity index (χ2v) is 5.22. The molecule has 0 amide bonds. The lowest BCUT2D eigenvalue weighted by atomic mass is 10.3. The van der Waals surface area contributed by atoms with Crippen LogP contribution in [0.3, 0.4) is 0 Å². The molecular formula is C10H14F2N2O4S. The first-order valence-electron chi connectivity index (χ1n) is 5.11. The van der Waals surface area contributed by atoms with Gasteiger partial charge in [0.2, 0.25) is 10.0 Å². The van der Waals surface area contributed by atoms with Crippen molar-refractivity contribution < 1.29 is 26.7 Å². The van der Waals surface area contributed by atoms with Crippen LogP contribution in [0.1, 0.15) is 0 Å². The second kappa shape index (κ2) is 6.02. The first-order chi connectivity index (χ1) is 8.81. The lowest BCUT2D eigenvalue weighted by Crippen LogP contribution is -2.29. The predicted molar refractivity (Wildman–Crippen MR) is 65.2 cm³/mol. The summed E-state index contributed by atoms with van der Waals surface area (Å²) in [6, 6.07) is 2.36. The highest BCUT2D eigenvalue weighted by Gasteiger charge is 2.22. The Balaban J connectivity index is 3.22. The Morgan fingerprint density at radius 2 is 1.84 bits per heavy atom. The zero-order valence-corrected chi connectivity index (χ0v) is 11.1. The molecule has 0 aliphatic carbocycles. The van der Waals surface area contributed by atoms with E-state index in [-0.39, 0.29) is 22.1 Å². The zero-order chi connectivity index (χ0) is 14.6. The van der Waals surface area contributed by atoms with Gasteiger partial charge in [-0.1, -0.05) is 0 Å². The van der Waals surface area contributed by atoms with Crippen LogP contribution in [0.15, 0.2) is 17.0 Å². The standard InChI is InChI=1S/C10H14F2N2O4S/c1-17-7-4-8(18-2)9(3-6(7)13)19(15,16)14-5-10(11)12/h3-4,10,14H,5,13H2,1-2H3. The van der Waals surface area contributed by atoms with Gasteiger partial charge in [0.1, 0.15) is 16.4 Å². The number of benzene rings is 1. The minimum Gasteiger partial charge on any atom is -0.495 e. The minimum absolute atomic E-state index is 0.0483. The van der Waals surface area contributed by atoms with Crippen LogP contribution in [0, 0.1) is 0 Å². The van der Waals surface area contributed by atoms with Gasteiger partial charge in [-0.15, -0.1) is 0 Å². The van der Waals surface area contributed by atoms with Gasteiger partial charge in [-0.3, -0.25) is 0 Å². The molecule has 0 aliphatic rings. The quantitative estimate of drug-likeness (QED) is 0.759. The Kier molecular flexibility index (Phi) is 4.90. The van der Waals surface area contributed by atoms with Crippen LogP contribution in [0.25, 0.3) is 0 Å². The molecule has 0 fully saturated rings. The summed E-state index contributed by atoms with van der Waals surface area (Å²) in [6.07, 6.45) is -2.80. The molecule has 108 valence electrons. The third-order valence-corrected chi connectivity index (χ3v) is 3.68. The Hall–Kier alpha value is -1.61. The Bertz CT molecular complexity index is 549. The van der Waals surface area contributed by atoms with Crippen molar-refractivity contribution in [3.63, 3.8) is 0 Å². The van der Waals surface area contributed by atoms with Gasteiger partial charge in [0.05, 0.1) is 26.5 Å². The van der Waals surface area contributed by atoms with E-state index in [4.69, 9.17) is 15.2 Å². The normalized spacial score (nSPS) is 11.6. The fourth-order valence-corrected chi connectivity index (χ4v) is 2.54. The maximum Gasteiger partial charge on any atom is 0.251 e. The Labute approximate surface area is 109 Å². The van der Waals surface area contributed by atoms with E-state index in [1.807, 2.05) is 0 Å². The van der Waals surface area contributed by atoms with Crippen molar-refractivity contribution in [2.24, 2.45) is 0 Å². The van der Waals surface area contributed by atoms with Gasteiger partial charge < -0.3 is 15.2 Å². The molecule has 9 heteroatoms. The molecule has 0 heterocycles. The van der Waals surface area contributed by atoms with Crippen LogP contribution in [-0.2, 0) is 10.0 Å². The van der Waals surface area contributed by atoms with Gasteiger partial charge in [0.15, 0.2) is 0 Å². The van der Waals surface area contributed by atoms with Crippen LogP contribution in [0.4, 0.5) is 14.5 Å². The van der Waals surface area contributed by atoms with Crippen molar-refractivity contribution in [2.75, 3.05) is 26.5 Å². The molecule has 1 aromatic rings. The number of hydrogen-bond donors (Lipinski definition) is 2. The van der Waals surface area contributed by atoms with Crippen LogP contribution in [0.2, 0.25) is 0 Å². The van der Waals surface area contributed by atoms with Gasteiger partial charge in [-0.2, -0.15) is 0 Å². The number of sulfonamides is 1. The van der Waals surface area contributed by atoms with Gasteiger partial charge in [-0.25, -0.2) is 21.9 Å². The number of rotatable bonds is 6. The summed E-state index contributed by atoms with van der Waals surface area (Å²) in [6.45, 7) is -0.989. The number of nitrogens with one attached hydrogen (secondary N) is 1. The van der Waals surface area contributed by atoms with Crippen LogP contribution in [0.5, 0.6) is 11.5 Å². The summed E-state index contributed by atoms with van der Waals surface area (Å²) in [5.74, 6) is 0.178. The van der Waals surface area contributed by atoms with Gasteiger partial charge in [-0.05, 0) is 6.07 Å². The van der Waals surface area contributed by atoms with E-state index in [0.29, 0.717) is 0 Å². The molecule has 0 saturated heterocycles. The molecule has 0 aromatic heterocycles. The highest BCUT2D eigenvalue weighted by Crippen LogP contribution is 2.33. The number of nitrogens with two attached hydrogens (primary N) is 1. The van der Waals surface area contributed by atoms with Gasteiger partial charge in [0, 0.05) is 6.07 Å². The highest BCUT2D eigenvalue weighted by atomic mass is 32.2. The van der Waals surface area contributed by atoms with Crippen molar-refractivity contribution in [1.82, 2.24) is 4.72 Å². The molecule has 1 aromatic carbocycles. The monoisotopic (exact) mass is 296 g/mol. The molecule has 0 aliphatic heterocycles. The van der Waals surface area contributed by atoms with E-state index >= 15 is 0 Å². The van der Waals surface area contributed by atoms with Crippen LogP contribution >= 0.6 is 0 Å². The van der Waals surface area contributed by atoms with E-state index in [1.54, 1.807) is 4.72 Å². The van der Waals surface area contributed by atoms with E-state index in [0.717, 1.165) is 6.07 Å². The fourth-order valence-electron chi connectivity index (χ4n) is 1.35. The van der Waals surface area contributed by atoms with Crippen LogP contribution < -0.4 is 19.9 Å². The topological polar surface area (TPSA) is 90.6 Å². The summed E-state index contributed by atoms with van der Waals surface area (Å²) in [4.78, 5) is -0.325. The molecule has 1 rings (SSSR count). The lowest BCUT2D eigenvalue weighted by Gasteiger charge is -2.13. The molecule has 6 nitrogen and oxygen atoms in total. The number of anilines is 1. The smallest absolute Gasteiger partial charge is 0.251 e. The molecule has 0 bridgehead atoms. The van der Waals surface area contributed by atoms with Crippen molar-refractivity contribution in [3.8, 4) is 11.5 Å². The molecular weight excluding hydrogens is 282 g/mol. The molecule has 0 saturated carbocycles. The number of methoxy groups -OCH3 is 2. The number of hydrogen-bond acceptors (Lipinski definition) is 5. The molecule has 0 unspecified atom stereocenters. The third kappa shape index (κ3) is 3.67. The first-order valence-corrected chi connectivity index (χ1v) is 6.59. The van der Waals surface area contributed by atoms with Crippen molar-refractivity contribution >= 4 is 15.7 Å². The molecule has 3 N–H and O–H groups in total. The molecule has 0 spiro atoms. The summed E-state index contributed by atoms with van der Waals surface area (Å²) >= 11 is 0. The maximum atomic E-state index is 12.1. The number of halogens is 2. The summed E-state index contributed by atoms with van der Waals surface area (Å²) in [5, 5.41) is 0. The summed E-state index contributed by atoms with van der Waals surface area (Å²) in [7, 11) is -1.53. The van der Waals surface area contributed by atoms with E-state index in [2.05, 4.69) is 0 Å². The first kappa shape index (κ1) is 15.4. The maximum absolute atomic E-state index is 12.1. The van der Waals surface area contributed by atoms with Gasteiger partial charge >= 0.3 is 0 Å². The van der Waals surface area contributed by atoms with Gasteiger partial charge in [0.25, 0.3) is 6.43 Å². The van der Waals surface area contributed by atoms with E-state index in [1.165, 1.54) is 20.3 Å². The van der Waals surface area contributed by atoms with E-state index in [9.17, 15) is 17.2 Å². The number of ether oxygens (including phenoxy) is 2. The SMILES string of the molecule is COc1cc(OC)c(S(=O)(=O)NCC(F)F)cc1N. The third-order valence-electron chi connectivity index (χ3n) is 2.23. The molecule has 0 radical (unpaired) electrons. The fraction of sp³-hybridized carbons (Fsp3) is 0.400. The minimum atomic E-state index is -4.14. The van der Waals surface area contributed by atoms with Crippen LogP contribution in [-0.4, -0.2) is 35.6 Å².